The number of hydrogen-bond acceptors (Lipinski definition) is 2. The maximum Gasteiger partial charge on any atom is 0.433 e. The van der Waals surface area contributed by atoms with Crippen LogP contribution in [0.5, 0.6) is 5.75 Å². The summed E-state index contributed by atoms with van der Waals surface area (Å²) in [5, 5.41) is 0. The van der Waals surface area contributed by atoms with Gasteiger partial charge >= 0.3 is 6.18 Å². The van der Waals surface area contributed by atoms with Crippen molar-refractivity contribution in [3.8, 4) is 5.75 Å². The zero-order chi connectivity index (χ0) is 11.1. The summed E-state index contributed by atoms with van der Waals surface area (Å²) in [7, 11) is 0. The van der Waals surface area contributed by atoms with Crippen molar-refractivity contribution in [2.75, 3.05) is 0 Å². The second-order valence-electron chi connectivity index (χ2n) is 3.33. The largest absolute Gasteiger partial charge is 0.490 e. The molecule has 0 N–H and O–H groups in total. The highest BCUT2D eigenvalue weighted by molar-refractivity contribution is 14.1. The van der Waals surface area contributed by atoms with E-state index in [9.17, 15) is 13.2 Å². The van der Waals surface area contributed by atoms with E-state index >= 15 is 0 Å². The van der Waals surface area contributed by atoms with Crippen molar-refractivity contribution >= 4 is 22.6 Å². The van der Waals surface area contributed by atoms with Crippen molar-refractivity contribution in [2.24, 2.45) is 0 Å². The van der Waals surface area contributed by atoms with Crippen molar-refractivity contribution in [1.29, 1.82) is 0 Å². The Labute approximate surface area is 98.0 Å². The van der Waals surface area contributed by atoms with Crippen LogP contribution in [-0.4, -0.2) is 11.1 Å². The Morgan fingerprint density at radius 1 is 1.33 bits per heavy atom. The van der Waals surface area contributed by atoms with Gasteiger partial charge in [-0.2, -0.15) is 13.2 Å². The van der Waals surface area contributed by atoms with Crippen LogP contribution in [0, 0.1) is 3.70 Å². The SMILES string of the molecule is FC(F)(F)c1cc(OC2CC2)cc(I)n1. The smallest absolute Gasteiger partial charge is 0.433 e. The number of hydrogen-bond donors (Lipinski definition) is 0. The van der Waals surface area contributed by atoms with Crippen LogP contribution in [0.3, 0.4) is 0 Å². The number of alkyl halides is 3. The Kier molecular flexibility index (Phi) is 2.78. The van der Waals surface area contributed by atoms with Gasteiger partial charge in [0.15, 0.2) is 0 Å². The van der Waals surface area contributed by atoms with Crippen LogP contribution in [0.2, 0.25) is 0 Å². The zero-order valence-corrected chi connectivity index (χ0v) is 9.67. The van der Waals surface area contributed by atoms with E-state index in [-0.39, 0.29) is 15.6 Å². The molecule has 2 rings (SSSR count). The molecule has 6 heteroatoms. The van der Waals surface area contributed by atoms with Crippen LogP contribution in [0.25, 0.3) is 0 Å². The normalized spacial score (nSPS) is 16.5. The highest BCUT2D eigenvalue weighted by Gasteiger charge is 2.34. The van der Waals surface area contributed by atoms with Gasteiger partial charge in [0.25, 0.3) is 0 Å². The molecule has 1 heterocycles. The lowest BCUT2D eigenvalue weighted by atomic mass is 10.3. The highest BCUT2D eigenvalue weighted by atomic mass is 127. The number of pyridine rings is 1. The first-order valence-corrected chi connectivity index (χ1v) is 5.44. The van der Waals surface area contributed by atoms with Crippen LogP contribution in [0.15, 0.2) is 12.1 Å². The fourth-order valence-corrected chi connectivity index (χ4v) is 1.63. The quantitative estimate of drug-likeness (QED) is 0.614. The number of aromatic nitrogens is 1. The predicted molar refractivity (Wildman–Crippen MR) is 55.6 cm³/mol. The molecular weight excluding hydrogens is 322 g/mol. The minimum Gasteiger partial charge on any atom is -0.490 e. The van der Waals surface area contributed by atoms with Crippen molar-refractivity contribution in [2.45, 2.75) is 25.1 Å². The minimum atomic E-state index is -4.41. The molecule has 1 aromatic heterocycles. The van der Waals surface area contributed by atoms with Gasteiger partial charge in [-0.3, -0.25) is 0 Å². The van der Waals surface area contributed by atoms with Crippen LogP contribution < -0.4 is 4.74 Å². The predicted octanol–water partition coefficient (Wildman–Crippen LogP) is 3.25. The Balaban J connectivity index is 2.27. The molecule has 82 valence electrons. The van der Waals surface area contributed by atoms with Crippen molar-refractivity contribution in [3.05, 3.63) is 21.5 Å². The summed E-state index contributed by atoms with van der Waals surface area (Å²) in [6.45, 7) is 0. The number of ether oxygens (including phenoxy) is 1. The monoisotopic (exact) mass is 329 g/mol. The first-order chi connectivity index (χ1) is 6.95. The van der Waals surface area contributed by atoms with E-state index < -0.39 is 11.9 Å². The van der Waals surface area contributed by atoms with Crippen molar-refractivity contribution < 1.29 is 17.9 Å². The van der Waals surface area contributed by atoms with E-state index in [1.165, 1.54) is 6.07 Å². The summed E-state index contributed by atoms with van der Waals surface area (Å²) < 4.78 is 42.7. The lowest BCUT2D eigenvalue weighted by Crippen LogP contribution is -2.09. The second-order valence-corrected chi connectivity index (χ2v) is 4.43. The van der Waals surface area contributed by atoms with Crippen LogP contribution in [0.1, 0.15) is 18.5 Å². The first-order valence-electron chi connectivity index (χ1n) is 4.36. The van der Waals surface area contributed by atoms with Gasteiger partial charge in [0, 0.05) is 12.1 Å². The van der Waals surface area contributed by atoms with Gasteiger partial charge in [0.1, 0.15) is 15.1 Å². The molecule has 1 aliphatic carbocycles. The van der Waals surface area contributed by atoms with E-state index in [1.807, 2.05) is 0 Å². The molecule has 1 aliphatic rings. The standard InChI is InChI=1S/C9H7F3INO/c10-9(11,12)7-3-6(4-8(13)14-7)15-5-1-2-5/h3-5H,1-2H2. The molecule has 0 unspecified atom stereocenters. The second kappa shape index (κ2) is 3.80. The Hall–Kier alpha value is -0.530. The number of nitrogens with zero attached hydrogens (tertiary/aromatic N) is 1. The van der Waals surface area contributed by atoms with E-state index in [0.29, 0.717) is 0 Å². The topological polar surface area (TPSA) is 22.1 Å². The third kappa shape index (κ3) is 2.96. The van der Waals surface area contributed by atoms with Gasteiger partial charge in [-0.25, -0.2) is 4.98 Å². The molecule has 0 saturated heterocycles. The van der Waals surface area contributed by atoms with Gasteiger partial charge in [-0.05, 0) is 35.4 Å². The van der Waals surface area contributed by atoms with Gasteiger partial charge in [0.2, 0.25) is 0 Å². The molecular formula is C9H7F3INO. The van der Waals surface area contributed by atoms with Gasteiger partial charge < -0.3 is 4.74 Å². The third-order valence-electron chi connectivity index (χ3n) is 1.89. The Morgan fingerprint density at radius 2 is 2.00 bits per heavy atom. The molecule has 15 heavy (non-hydrogen) atoms. The van der Waals surface area contributed by atoms with Crippen LogP contribution in [-0.2, 0) is 6.18 Å². The molecule has 0 atom stereocenters. The van der Waals surface area contributed by atoms with E-state index in [4.69, 9.17) is 4.74 Å². The van der Waals surface area contributed by atoms with Gasteiger partial charge in [-0.1, -0.05) is 0 Å². The maximum atomic E-state index is 12.4. The molecule has 1 aromatic rings. The Morgan fingerprint density at radius 3 is 2.53 bits per heavy atom. The Bertz CT molecular complexity index is 376. The lowest BCUT2D eigenvalue weighted by molar-refractivity contribution is -0.141. The first kappa shape index (κ1) is 11.0. The zero-order valence-electron chi connectivity index (χ0n) is 7.51. The molecule has 0 amide bonds. The molecule has 0 aliphatic heterocycles. The average Bonchev–Trinajstić information content (AvgIpc) is 2.85. The average molecular weight is 329 g/mol. The molecule has 1 saturated carbocycles. The third-order valence-corrected chi connectivity index (χ3v) is 2.44. The lowest BCUT2D eigenvalue weighted by Gasteiger charge is -2.09. The summed E-state index contributed by atoms with van der Waals surface area (Å²) >= 11 is 1.75. The minimum absolute atomic E-state index is 0.0873. The van der Waals surface area contributed by atoms with E-state index in [1.54, 1.807) is 22.6 Å². The summed E-state index contributed by atoms with van der Waals surface area (Å²) in [4.78, 5) is 3.41. The maximum absolute atomic E-state index is 12.4. The van der Waals surface area contributed by atoms with E-state index in [2.05, 4.69) is 4.98 Å². The fraction of sp³-hybridized carbons (Fsp3) is 0.444. The molecule has 0 aromatic carbocycles. The number of rotatable bonds is 2. The van der Waals surface area contributed by atoms with Crippen LogP contribution in [0.4, 0.5) is 13.2 Å². The van der Waals surface area contributed by atoms with E-state index in [0.717, 1.165) is 18.9 Å². The molecule has 0 spiro atoms. The van der Waals surface area contributed by atoms with Crippen molar-refractivity contribution in [1.82, 2.24) is 4.98 Å². The fourth-order valence-electron chi connectivity index (χ4n) is 1.07. The molecule has 1 fully saturated rings. The van der Waals surface area contributed by atoms with Gasteiger partial charge in [0.05, 0.1) is 6.10 Å². The van der Waals surface area contributed by atoms with Crippen LogP contribution >= 0.6 is 22.6 Å². The molecule has 0 radical (unpaired) electrons. The summed E-state index contributed by atoms with van der Waals surface area (Å²) in [5.74, 6) is 0.254. The summed E-state index contributed by atoms with van der Waals surface area (Å²) in [5.41, 5.74) is -0.898. The molecule has 2 nitrogen and oxygen atoms in total. The van der Waals surface area contributed by atoms with Gasteiger partial charge in [-0.15, -0.1) is 0 Å². The van der Waals surface area contributed by atoms with Crippen molar-refractivity contribution in [3.63, 3.8) is 0 Å². The highest BCUT2D eigenvalue weighted by Crippen LogP contribution is 2.33. The summed E-state index contributed by atoms with van der Waals surface area (Å²) in [6.07, 6.45) is -2.49. The molecule has 0 bridgehead atoms. The number of halogens is 4. The summed E-state index contributed by atoms with van der Waals surface area (Å²) in [6, 6.07) is 2.45.